The van der Waals surface area contributed by atoms with Crippen molar-refractivity contribution in [2.24, 2.45) is 11.8 Å². The molecule has 1 aromatic rings. The third kappa shape index (κ3) is 4.62. The summed E-state index contributed by atoms with van der Waals surface area (Å²) >= 11 is 0. The first kappa shape index (κ1) is 19.7. The van der Waals surface area contributed by atoms with Crippen molar-refractivity contribution in [3.05, 3.63) is 35.9 Å². The maximum Gasteiger partial charge on any atom is 0.408 e. The van der Waals surface area contributed by atoms with Gasteiger partial charge in [-0.15, -0.1) is 0 Å². The van der Waals surface area contributed by atoms with Crippen molar-refractivity contribution in [2.75, 3.05) is 6.54 Å². The Hall–Kier alpha value is -3.03. The van der Waals surface area contributed by atoms with Crippen LogP contribution in [0.15, 0.2) is 30.3 Å². The second-order valence-corrected chi connectivity index (χ2v) is 7.07. The molecule has 2 amide bonds. The van der Waals surface area contributed by atoms with Crippen molar-refractivity contribution < 1.29 is 28.7 Å². The highest BCUT2D eigenvalue weighted by Crippen LogP contribution is 2.28. The molecule has 0 radical (unpaired) electrons. The van der Waals surface area contributed by atoms with E-state index in [0.717, 1.165) is 5.56 Å². The van der Waals surface area contributed by atoms with Crippen molar-refractivity contribution >= 4 is 29.4 Å². The van der Waals surface area contributed by atoms with Crippen LogP contribution >= 0.6 is 0 Å². The van der Waals surface area contributed by atoms with Gasteiger partial charge in [-0.1, -0.05) is 30.3 Å². The number of ketones is 3. The number of alkyl carbamates (subject to hydrolysis) is 1. The molecule has 2 fully saturated rings. The predicted octanol–water partition coefficient (Wildman–Crippen LogP) is 0.925. The van der Waals surface area contributed by atoms with Crippen LogP contribution in [0, 0.1) is 11.8 Å². The number of hydrogen-bond donors (Lipinski definition) is 2. The number of Topliss-reactive ketones (excluding diaryl/α,β-unsaturated/α-hetero) is 3. The van der Waals surface area contributed by atoms with E-state index in [9.17, 15) is 24.0 Å². The van der Waals surface area contributed by atoms with Crippen molar-refractivity contribution in [1.82, 2.24) is 10.6 Å². The Labute approximate surface area is 162 Å². The number of nitrogens with one attached hydrogen (secondary N) is 2. The van der Waals surface area contributed by atoms with Gasteiger partial charge in [0.2, 0.25) is 5.78 Å². The lowest BCUT2D eigenvalue weighted by molar-refractivity contribution is -0.143. The smallest absolute Gasteiger partial charge is 0.408 e. The summed E-state index contributed by atoms with van der Waals surface area (Å²) in [6.45, 7) is 0.357. The topological polar surface area (TPSA) is 119 Å². The van der Waals surface area contributed by atoms with Crippen LogP contribution in [0.3, 0.4) is 0 Å². The molecule has 0 bridgehead atoms. The van der Waals surface area contributed by atoms with Gasteiger partial charge in [0, 0.05) is 31.2 Å². The minimum absolute atomic E-state index is 0.0352. The summed E-state index contributed by atoms with van der Waals surface area (Å²) in [4.78, 5) is 60.2. The highest BCUT2D eigenvalue weighted by atomic mass is 16.5. The van der Waals surface area contributed by atoms with E-state index in [4.69, 9.17) is 4.74 Å². The number of carbonyl (C=O) groups is 5. The summed E-state index contributed by atoms with van der Waals surface area (Å²) in [7, 11) is 0. The average Bonchev–Trinajstić information content (AvgIpc) is 2.69. The third-order valence-electron chi connectivity index (χ3n) is 5.17. The molecule has 1 aliphatic heterocycles. The van der Waals surface area contributed by atoms with Gasteiger partial charge in [0.05, 0.1) is 0 Å². The maximum absolute atomic E-state index is 12.7. The van der Waals surface area contributed by atoms with Gasteiger partial charge in [0.1, 0.15) is 18.4 Å². The van der Waals surface area contributed by atoms with E-state index in [2.05, 4.69) is 10.6 Å². The first-order valence-electron chi connectivity index (χ1n) is 9.30. The Morgan fingerprint density at radius 2 is 1.89 bits per heavy atom. The standard InChI is InChI=1S/C20H22N2O6/c23-15-7-6-14(15)17(16(24)10-13-8-9-21-19(26)18(13)25)22-20(27)28-11-12-4-2-1-3-5-12/h1-5,13-14,17H,6-11H2,(H,21,26)(H,22,27). The Balaban J connectivity index is 1.61. The van der Waals surface area contributed by atoms with Gasteiger partial charge in [0.15, 0.2) is 5.78 Å². The fourth-order valence-electron chi connectivity index (χ4n) is 3.41. The first-order chi connectivity index (χ1) is 13.5. The molecule has 1 heterocycles. The lowest BCUT2D eigenvalue weighted by Gasteiger charge is -2.32. The summed E-state index contributed by atoms with van der Waals surface area (Å²) in [6, 6.07) is 8.02. The van der Waals surface area contributed by atoms with Crippen molar-refractivity contribution in [2.45, 2.75) is 38.3 Å². The van der Waals surface area contributed by atoms with E-state index >= 15 is 0 Å². The normalized spacial score (nSPS) is 22.6. The molecular formula is C20H22N2O6. The molecule has 8 heteroatoms. The van der Waals surface area contributed by atoms with E-state index in [1.165, 1.54) is 0 Å². The lowest BCUT2D eigenvalue weighted by Crippen LogP contribution is -2.53. The molecule has 3 atom stereocenters. The number of hydrogen-bond acceptors (Lipinski definition) is 6. The summed E-state index contributed by atoms with van der Waals surface area (Å²) in [5, 5.41) is 4.93. The largest absolute Gasteiger partial charge is 0.445 e. The lowest BCUT2D eigenvalue weighted by atomic mass is 9.75. The fraction of sp³-hybridized carbons (Fsp3) is 0.450. The number of amides is 2. The predicted molar refractivity (Wildman–Crippen MR) is 97.0 cm³/mol. The van der Waals surface area contributed by atoms with Gasteiger partial charge in [-0.05, 0) is 18.4 Å². The van der Waals surface area contributed by atoms with E-state index < -0.39 is 41.4 Å². The van der Waals surface area contributed by atoms with Gasteiger partial charge in [0.25, 0.3) is 5.91 Å². The fourth-order valence-corrected chi connectivity index (χ4v) is 3.41. The van der Waals surface area contributed by atoms with E-state index in [0.29, 0.717) is 25.8 Å². The van der Waals surface area contributed by atoms with Crippen LogP contribution in [0.4, 0.5) is 4.79 Å². The molecule has 0 aromatic heterocycles. The second-order valence-electron chi connectivity index (χ2n) is 7.07. The molecule has 0 spiro atoms. The molecule has 2 N–H and O–H groups in total. The van der Waals surface area contributed by atoms with Crippen LogP contribution in [0.1, 0.15) is 31.2 Å². The Kier molecular flexibility index (Phi) is 6.18. The Morgan fingerprint density at radius 1 is 1.14 bits per heavy atom. The maximum atomic E-state index is 12.7. The minimum Gasteiger partial charge on any atom is -0.445 e. The van der Waals surface area contributed by atoms with Gasteiger partial charge < -0.3 is 15.4 Å². The minimum atomic E-state index is -1.04. The average molecular weight is 386 g/mol. The molecule has 3 rings (SSSR count). The van der Waals surface area contributed by atoms with Crippen LogP contribution in [-0.2, 0) is 30.5 Å². The number of ether oxygens (including phenoxy) is 1. The van der Waals surface area contributed by atoms with Crippen LogP contribution in [-0.4, -0.2) is 41.9 Å². The third-order valence-corrected chi connectivity index (χ3v) is 5.17. The molecule has 148 valence electrons. The zero-order valence-electron chi connectivity index (χ0n) is 15.3. The summed E-state index contributed by atoms with van der Waals surface area (Å²) < 4.78 is 5.15. The highest BCUT2D eigenvalue weighted by Gasteiger charge is 2.42. The molecule has 1 saturated carbocycles. The van der Waals surface area contributed by atoms with Gasteiger partial charge in [-0.3, -0.25) is 19.2 Å². The van der Waals surface area contributed by atoms with Crippen LogP contribution in [0.5, 0.6) is 0 Å². The Bertz CT molecular complexity index is 791. The summed E-state index contributed by atoms with van der Waals surface area (Å²) in [5.74, 6) is -3.19. The van der Waals surface area contributed by atoms with Gasteiger partial charge >= 0.3 is 6.09 Å². The monoisotopic (exact) mass is 386 g/mol. The van der Waals surface area contributed by atoms with Crippen LogP contribution < -0.4 is 10.6 Å². The quantitative estimate of drug-likeness (QED) is 0.673. The molecule has 1 aliphatic carbocycles. The van der Waals surface area contributed by atoms with Crippen LogP contribution in [0.25, 0.3) is 0 Å². The number of piperidine rings is 1. The van der Waals surface area contributed by atoms with Crippen molar-refractivity contribution in [1.29, 1.82) is 0 Å². The molecule has 28 heavy (non-hydrogen) atoms. The molecule has 3 unspecified atom stereocenters. The zero-order chi connectivity index (χ0) is 20.1. The molecule has 1 aromatic carbocycles. The van der Waals surface area contributed by atoms with Crippen LogP contribution in [0.2, 0.25) is 0 Å². The van der Waals surface area contributed by atoms with Crippen molar-refractivity contribution in [3.63, 3.8) is 0 Å². The molecule has 2 aliphatic rings. The molecular weight excluding hydrogens is 364 g/mol. The number of rotatable bonds is 7. The Morgan fingerprint density at radius 3 is 2.54 bits per heavy atom. The molecule has 1 saturated heterocycles. The van der Waals surface area contributed by atoms with E-state index in [-0.39, 0.29) is 18.8 Å². The highest BCUT2D eigenvalue weighted by molar-refractivity contribution is 6.37. The second kappa shape index (κ2) is 8.77. The number of benzene rings is 1. The van der Waals surface area contributed by atoms with E-state index in [1.54, 1.807) is 12.1 Å². The van der Waals surface area contributed by atoms with Crippen molar-refractivity contribution in [3.8, 4) is 0 Å². The number of carbonyl (C=O) groups excluding carboxylic acids is 5. The van der Waals surface area contributed by atoms with Gasteiger partial charge in [-0.25, -0.2) is 4.79 Å². The SMILES string of the molecule is O=C(NC(C(=O)CC1CCNC(=O)C1=O)C1CCC1=O)OCc1ccccc1. The summed E-state index contributed by atoms with van der Waals surface area (Å²) in [5.41, 5.74) is 0.791. The van der Waals surface area contributed by atoms with Gasteiger partial charge in [-0.2, -0.15) is 0 Å². The molecule has 8 nitrogen and oxygen atoms in total. The van der Waals surface area contributed by atoms with E-state index in [1.807, 2.05) is 18.2 Å². The zero-order valence-corrected chi connectivity index (χ0v) is 15.3. The first-order valence-corrected chi connectivity index (χ1v) is 9.30. The summed E-state index contributed by atoms with van der Waals surface area (Å²) in [6.07, 6.45) is 0.238.